The predicted molar refractivity (Wildman–Crippen MR) is 106 cm³/mol. The van der Waals surface area contributed by atoms with Crippen LogP contribution in [0.3, 0.4) is 0 Å². The Morgan fingerprint density at radius 1 is 1.07 bits per heavy atom. The molecule has 1 saturated heterocycles. The smallest absolute Gasteiger partial charge is 0.243 e. The van der Waals surface area contributed by atoms with E-state index in [0.29, 0.717) is 18.7 Å². The van der Waals surface area contributed by atoms with Gasteiger partial charge in [-0.25, -0.2) is 8.42 Å². The van der Waals surface area contributed by atoms with Crippen molar-refractivity contribution in [2.75, 3.05) is 28.5 Å². The van der Waals surface area contributed by atoms with E-state index in [1.54, 1.807) is 0 Å². The van der Waals surface area contributed by atoms with Gasteiger partial charge < -0.3 is 15.7 Å². The highest BCUT2D eigenvalue weighted by Crippen LogP contribution is 2.31. The lowest BCUT2D eigenvalue weighted by Crippen LogP contribution is -2.33. The lowest BCUT2D eigenvalue weighted by atomic mass is 10.1. The van der Waals surface area contributed by atoms with E-state index < -0.39 is 15.9 Å². The molecule has 0 radical (unpaired) electrons. The molecule has 0 aliphatic carbocycles. The SMILES string of the molecule is O=C(Cc1ccccc1)NCC(=O)Nc1cc(N2CCCS2(=O)=O)ccc1O. The summed E-state index contributed by atoms with van der Waals surface area (Å²) < 4.78 is 25.3. The Morgan fingerprint density at radius 2 is 1.82 bits per heavy atom. The van der Waals surface area contributed by atoms with Crippen molar-refractivity contribution in [3.05, 3.63) is 54.1 Å². The van der Waals surface area contributed by atoms with Gasteiger partial charge in [-0.15, -0.1) is 0 Å². The molecule has 1 aliphatic heterocycles. The summed E-state index contributed by atoms with van der Waals surface area (Å²) in [5, 5.41) is 15.0. The van der Waals surface area contributed by atoms with Crippen LogP contribution in [0, 0.1) is 0 Å². The van der Waals surface area contributed by atoms with Crippen molar-refractivity contribution in [3.63, 3.8) is 0 Å². The first kappa shape index (κ1) is 19.7. The van der Waals surface area contributed by atoms with Crippen molar-refractivity contribution in [1.82, 2.24) is 5.32 Å². The van der Waals surface area contributed by atoms with Gasteiger partial charge in [-0.05, 0) is 30.2 Å². The molecule has 2 aromatic rings. The fourth-order valence-corrected chi connectivity index (χ4v) is 4.48. The molecule has 1 fully saturated rings. The highest BCUT2D eigenvalue weighted by molar-refractivity contribution is 7.93. The third-order valence-corrected chi connectivity index (χ3v) is 6.16. The van der Waals surface area contributed by atoms with Crippen LogP contribution in [0.25, 0.3) is 0 Å². The van der Waals surface area contributed by atoms with Gasteiger partial charge in [0, 0.05) is 6.54 Å². The van der Waals surface area contributed by atoms with Crippen molar-refractivity contribution in [1.29, 1.82) is 0 Å². The number of anilines is 2. The topological polar surface area (TPSA) is 116 Å². The molecule has 2 aromatic carbocycles. The Kier molecular flexibility index (Phi) is 5.84. The van der Waals surface area contributed by atoms with Crippen LogP contribution >= 0.6 is 0 Å². The Balaban J connectivity index is 1.59. The van der Waals surface area contributed by atoms with Crippen LogP contribution in [0.2, 0.25) is 0 Å². The molecular formula is C19H21N3O5S. The van der Waals surface area contributed by atoms with Gasteiger partial charge in [0.1, 0.15) is 5.75 Å². The number of benzene rings is 2. The van der Waals surface area contributed by atoms with Gasteiger partial charge in [-0.2, -0.15) is 0 Å². The highest BCUT2D eigenvalue weighted by Gasteiger charge is 2.28. The molecule has 1 heterocycles. The highest BCUT2D eigenvalue weighted by atomic mass is 32.2. The molecule has 3 N–H and O–H groups in total. The molecular weight excluding hydrogens is 382 g/mol. The fraction of sp³-hybridized carbons (Fsp3) is 0.263. The molecule has 0 atom stereocenters. The number of nitrogens with one attached hydrogen (secondary N) is 2. The van der Waals surface area contributed by atoms with E-state index in [2.05, 4.69) is 10.6 Å². The summed E-state index contributed by atoms with van der Waals surface area (Å²) in [6.45, 7) is 0.0907. The van der Waals surface area contributed by atoms with Crippen LogP contribution in [0.5, 0.6) is 5.75 Å². The lowest BCUT2D eigenvalue weighted by molar-refractivity contribution is -0.123. The van der Waals surface area contributed by atoms with Gasteiger partial charge in [0.05, 0.1) is 30.1 Å². The molecule has 28 heavy (non-hydrogen) atoms. The summed E-state index contributed by atoms with van der Waals surface area (Å²) in [4.78, 5) is 24.0. The number of phenolic OH excluding ortho intramolecular Hbond substituents is 1. The van der Waals surface area contributed by atoms with Gasteiger partial charge in [-0.1, -0.05) is 30.3 Å². The Hall–Kier alpha value is -3.07. The van der Waals surface area contributed by atoms with Crippen LogP contribution in [0.15, 0.2) is 48.5 Å². The molecule has 2 amide bonds. The predicted octanol–water partition coefficient (Wildman–Crippen LogP) is 1.23. The Morgan fingerprint density at radius 3 is 2.50 bits per heavy atom. The first-order chi connectivity index (χ1) is 13.3. The number of amides is 2. The van der Waals surface area contributed by atoms with Crippen LogP contribution in [-0.2, 0) is 26.0 Å². The molecule has 3 rings (SSSR count). The minimum Gasteiger partial charge on any atom is -0.506 e. The van der Waals surface area contributed by atoms with E-state index in [1.807, 2.05) is 30.3 Å². The summed E-state index contributed by atoms with van der Waals surface area (Å²) in [6.07, 6.45) is 0.681. The molecule has 0 bridgehead atoms. The van der Waals surface area contributed by atoms with Crippen LogP contribution in [0.1, 0.15) is 12.0 Å². The first-order valence-electron chi connectivity index (χ1n) is 8.79. The second-order valence-electron chi connectivity index (χ2n) is 6.43. The van der Waals surface area contributed by atoms with Crippen LogP contribution in [-0.4, -0.2) is 44.2 Å². The van der Waals surface area contributed by atoms with Crippen molar-refractivity contribution in [2.24, 2.45) is 0 Å². The molecule has 0 saturated carbocycles. The Labute approximate surface area is 163 Å². The van der Waals surface area contributed by atoms with Crippen LogP contribution in [0.4, 0.5) is 11.4 Å². The normalized spacial score (nSPS) is 15.2. The van der Waals surface area contributed by atoms with Gasteiger partial charge in [0.25, 0.3) is 0 Å². The summed E-state index contributed by atoms with van der Waals surface area (Å²) in [7, 11) is -3.37. The van der Waals surface area contributed by atoms with E-state index in [-0.39, 0.29) is 36.1 Å². The van der Waals surface area contributed by atoms with Gasteiger partial charge in [0.15, 0.2) is 0 Å². The molecule has 0 spiro atoms. The molecule has 1 aliphatic rings. The maximum Gasteiger partial charge on any atom is 0.243 e. The molecule has 9 heteroatoms. The zero-order valence-electron chi connectivity index (χ0n) is 15.1. The van der Waals surface area contributed by atoms with E-state index in [0.717, 1.165) is 5.56 Å². The van der Waals surface area contributed by atoms with E-state index in [4.69, 9.17) is 0 Å². The average molecular weight is 403 g/mol. The molecule has 8 nitrogen and oxygen atoms in total. The third kappa shape index (κ3) is 4.80. The largest absolute Gasteiger partial charge is 0.506 e. The second kappa shape index (κ2) is 8.30. The third-order valence-electron chi connectivity index (χ3n) is 4.30. The zero-order chi connectivity index (χ0) is 20.1. The zero-order valence-corrected chi connectivity index (χ0v) is 15.9. The number of sulfonamides is 1. The standard InChI is InChI=1S/C19H21N3O5S/c23-17-8-7-15(22-9-4-10-28(22,26)27)12-16(17)21-19(25)13-20-18(24)11-14-5-2-1-3-6-14/h1-3,5-8,12,23H,4,9-11,13H2,(H,20,24)(H,21,25). The molecule has 0 unspecified atom stereocenters. The number of carbonyl (C=O) groups is 2. The molecule has 0 aromatic heterocycles. The second-order valence-corrected chi connectivity index (χ2v) is 8.44. The van der Waals surface area contributed by atoms with E-state index >= 15 is 0 Å². The number of aromatic hydroxyl groups is 1. The monoisotopic (exact) mass is 403 g/mol. The number of hydrogen-bond acceptors (Lipinski definition) is 5. The van der Waals surface area contributed by atoms with Gasteiger partial charge in [-0.3, -0.25) is 13.9 Å². The summed E-state index contributed by atoms with van der Waals surface area (Å²) >= 11 is 0. The van der Waals surface area contributed by atoms with Gasteiger partial charge >= 0.3 is 0 Å². The Bertz CT molecular complexity index is 976. The van der Waals surface area contributed by atoms with Crippen LogP contribution < -0.4 is 14.9 Å². The number of hydrogen-bond donors (Lipinski definition) is 3. The molecule has 148 valence electrons. The number of carbonyl (C=O) groups excluding carboxylic acids is 2. The van der Waals surface area contributed by atoms with Crippen molar-refractivity contribution < 1.29 is 23.1 Å². The first-order valence-corrected chi connectivity index (χ1v) is 10.4. The van der Waals surface area contributed by atoms with Crippen molar-refractivity contribution in [3.8, 4) is 5.75 Å². The summed E-state index contributed by atoms with van der Waals surface area (Å²) in [6, 6.07) is 13.3. The van der Waals surface area contributed by atoms with Crippen molar-refractivity contribution >= 4 is 33.2 Å². The summed E-state index contributed by atoms with van der Waals surface area (Å²) in [5.41, 5.74) is 1.29. The fourth-order valence-electron chi connectivity index (χ4n) is 2.93. The minimum absolute atomic E-state index is 0.0724. The average Bonchev–Trinajstić information content (AvgIpc) is 3.02. The quantitative estimate of drug-likeness (QED) is 0.628. The number of nitrogens with zero attached hydrogens (tertiary/aromatic N) is 1. The summed E-state index contributed by atoms with van der Waals surface area (Å²) in [5.74, 6) is -0.951. The van der Waals surface area contributed by atoms with Gasteiger partial charge in [0.2, 0.25) is 21.8 Å². The number of phenols is 1. The maximum absolute atomic E-state index is 12.1. The lowest BCUT2D eigenvalue weighted by Gasteiger charge is -2.18. The maximum atomic E-state index is 12.1. The number of rotatable bonds is 6. The van der Waals surface area contributed by atoms with E-state index in [1.165, 1.54) is 22.5 Å². The van der Waals surface area contributed by atoms with Crippen molar-refractivity contribution in [2.45, 2.75) is 12.8 Å². The van der Waals surface area contributed by atoms with E-state index in [9.17, 15) is 23.1 Å². The minimum atomic E-state index is -3.37.